The van der Waals surface area contributed by atoms with E-state index in [0.29, 0.717) is 0 Å². The second-order valence-electron chi connectivity index (χ2n) is 3.78. The van der Waals surface area contributed by atoms with Crippen LogP contribution in [0.25, 0.3) is 0 Å². The maximum absolute atomic E-state index is 12.0. The SMILES string of the molecule is CSCC(C)NC(=O)c1c(Cl)cccc1C(=O)[O-].[Li+]. The predicted molar refractivity (Wildman–Crippen MR) is 71.1 cm³/mol. The summed E-state index contributed by atoms with van der Waals surface area (Å²) < 4.78 is 0. The van der Waals surface area contributed by atoms with Crippen molar-refractivity contribution in [3.63, 3.8) is 0 Å². The van der Waals surface area contributed by atoms with Crippen molar-refractivity contribution in [3.8, 4) is 0 Å². The van der Waals surface area contributed by atoms with Gasteiger partial charge in [-0.25, -0.2) is 0 Å². The fourth-order valence-electron chi connectivity index (χ4n) is 1.51. The maximum Gasteiger partial charge on any atom is 1.00 e. The molecule has 1 aromatic rings. The van der Waals surface area contributed by atoms with Gasteiger partial charge in [-0.15, -0.1) is 0 Å². The molecule has 19 heavy (non-hydrogen) atoms. The van der Waals surface area contributed by atoms with Crippen molar-refractivity contribution in [2.75, 3.05) is 12.0 Å². The maximum atomic E-state index is 12.0. The van der Waals surface area contributed by atoms with Crippen LogP contribution in [0, 0.1) is 0 Å². The number of carbonyl (C=O) groups is 2. The van der Waals surface area contributed by atoms with Crippen molar-refractivity contribution in [3.05, 3.63) is 34.3 Å². The van der Waals surface area contributed by atoms with Crippen LogP contribution in [0.15, 0.2) is 18.2 Å². The molecule has 0 aliphatic carbocycles. The number of thioether (sulfide) groups is 1. The smallest absolute Gasteiger partial charge is 0.545 e. The monoisotopic (exact) mass is 293 g/mol. The van der Waals surface area contributed by atoms with Crippen molar-refractivity contribution in [2.24, 2.45) is 0 Å². The fraction of sp³-hybridized carbons (Fsp3) is 0.333. The summed E-state index contributed by atoms with van der Waals surface area (Å²) in [6, 6.07) is 4.17. The zero-order chi connectivity index (χ0) is 13.7. The number of carboxylic acids is 1. The van der Waals surface area contributed by atoms with Crippen LogP contribution in [0.3, 0.4) is 0 Å². The summed E-state index contributed by atoms with van der Waals surface area (Å²) in [4.78, 5) is 22.9. The van der Waals surface area contributed by atoms with Crippen LogP contribution in [0.2, 0.25) is 5.02 Å². The van der Waals surface area contributed by atoms with Crippen LogP contribution in [-0.2, 0) is 0 Å². The molecule has 1 aromatic carbocycles. The standard InChI is InChI=1S/C12H14ClNO3S.Li/c1-7(6-18-2)14-11(15)10-8(12(16)17)4-3-5-9(10)13;/h3-5,7H,6H2,1-2H3,(H,14,15)(H,16,17);/q;+1/p-1. The van der Waals surface area contributed by atoms with Gasteiger partial charge in [-0.3, -0.25) is 4.79 Å². The summed E-state index contributed by atoms with van der Waals surface area (Å²) in [5.41, 5.74) is -0.247. The molecular formula is C12H13ClLiNO3S. The normalized spacial score (nSPS) is 11.3. The Balaban J connectivity index is 0.00000324. The molecule has 1 rings (SSSR count). The van der Waals surface area contributed by atoms with Gasteiger partial charge in [0, 0.05) is 17.4 Å². The minimum absolute atomic E-state index is 0. The Morgan fingerprint density at radius 3 is 2.63 bits per heavy atom. The molecule has 1 N–H and O–H groups in total. The van der Waals surface area contributed by atoms with E-state index < -0.39 is 11.9 Å². The summed E-state index contributed by atoms with van der Waals surface area (Å²) in [6.45, 7) is 1.84. The first-order chi connectivity index (χ1) is 8.47. The first kappa shape index (κ1) is 18.4. The average molecular weight is 294 g/mol. The molecule has 1 amide bonds. The molecule has 0 radical (unpaired) electrons. The Morgan fingerprint density at radius 1 is 1.47 bits per heavy atom. The van der Waals surface area contributed by atoms with Crippen LogP contribution in [-0.4, -0.2) is 29.9 Å². The molecule has 98 valence electrons. The van der Waals surface area contributed by atoms with E-state index in [1.54, 1.807) is 11.8 Å². The third-order valence-electron chi connectivity index (χ3n) is 2.25. The van der Waals surface area contributed by atoms with Crippen molar-refractivity contribution in [1.82, 2.24) is 5.32 Å². The Hall–Kier alpha value is -0.603. The van der Waals surface area contributed by atoms with Gasteiger partial charge in [0.05, 0.1) is 16.6 Å². The minimum atomic E-state index is -1.42. The van der Waals surface area contributed by atoms with Crippen LogP contribution in [0.5, 0.6) is 0 Å². The third kappa shape index (κ3) is 5.11. The number of amides is 1. The van der Waals surface area contributed by atoms with Gasteiger partial charge in [-0.05, 0) is 19.2 Å². The van der Waals surface area contributed by atoms with E-state index >= 15 is 0 Å². The van der Waals surface area contributed by atoms with E-state index in [0.717, 1.165) is 5.75 Å². The summed E-state index contributed by atoms with van der Waals surface area (Å²) in [5, 5.41) is 13.7. The first-order valence-electron chi connectivity index (χ1n) is 5.27. The van der Waals surface area contributed by atoms with Crippen molar-refractivity contribution in [1.29, 1.82) is 0 Å². The molecule has 4 nitrogen and oxygen atoms in total. The van der Waals surface area contributed by atoms with Gasteiger partial charge in [-0.1, -0.05) is 23.7 Å². The van der Waals surface area contributed by atoms with E-state index in [-0.39, 0.29) is 41.1 Å². The summed E-state index contributed by atoms with van der Waals surface area (Å²) in [5.74, 6) is -1.18. The zero-order valence-electron chi connectivity index (χ0n) is 11.0. The van der Waals surface area contributed by atoms with Gasteiger partial charge >= 0.3 is 18.9 Å². The van der Waals surface area contributed by atoms with Gasteiger partial charge in [-0.2, -0.15) is 11.8 Å². The van der Waals surface area contributed by atoms with Crippen molar-refractivity contribution >= 4 is 35.2 Å². The number of carboxylic acid groups (broad SMARTS) is 1. The minimum Gasteiger partial charge on any atom is -0.545 e. The van der Waals surface area contributed by atoms with Crippen LogP contribution < -0.4 is 29.3 Å². The first-order valence-corrected chi connectivity index (χ1v) is 7.04. The van der Waals surface area contributed by atoms with Crippen LogP contribution >= 0.6 is 23.4 Å². The number of halogens is 1. The second kappa shape index (κ2) is 8.54. The quantitative estimate of drug-likeness (QED) is 0.650. The molecule has 0 aliphatic heterocycles. The molecule has 0 heterocycles. The number of aromatic carboxylic acids is 1. The molecule has 0 saturated carbocycles. The number of carbonyl (C=O) groups excluding carboxylic acids is 2. The van der Waals surface area contributed by atoms with E-state index in [1.165, 1.54) is 18.2 Å². The van der Waals surface area contributed by atoms with Gasteiger partial charge in [0.2, 0.25) is 0 Å². The van der Waals surface area contributed by atoms with Crippen LogP contribution in [0.1, 0.15) is 27.6 Å². The number of rotatable bonds is 5. The summed E-state index contributed by atoms with van der Waals surface area (Å²) in [6.07, 6.45) is 1.92. The molecule has 1 atom stereocenters. The largest absolute Gasteiger partial charge is 1.00 e. The molecule has 0 aromatic heterocycles. The molecule has 0 saturated heterocycles. The van der Waals surface area contributed by atoms with E-state index in [2.05, 4.69) is 5.32 Å². The molecular weight excluding hydrogens is 281 g/mol. The van der Waals surface area contributed by atoms with Gasteiger partial charge in [0.15, 0.2) is 0 Å². The summed E-state index contributed by atoms with van der Waals surface area (Å²) >= 11 is 7.46. The average Bonchev–Trinajstić information content (AvgIpc) is 2.28. The molecule has 1 unspecified atom stereocenters. The van der Waals surface area contributed by atoms with Gasteiger partial charge in [0.1, 0.15) is 0 Å². The Morgan fingerprint density at radius 2 is 2.11 bits per heavy atom. The number of nitrogens with one attached hydrogen (secondary N) is 1. The Labute approximate surface area is 133 Å². The molecule has 7 heteroatoms. The third-order valence-corrected chi connectivity index (χ3v) is 3.40. The van der Waals surface area contributed by atoms with E-state index in [1.807, 2.05) is 13.2 Å². The predicted octanol–water partition coefficient (Wildman–Crippen LogP) is -1.81. The fourth-order valence-corrected chi connectivity index (χ4v) is 2.36. The molecule has 0 bridgehead atoms. The number of benzene rings is 1. The van der Waals surface area contributed by atoms with Crippen LogP contribution in [0.4, 0.5) is 0 Å². The van der Waals surface area contributed by atoms with Crippen molar-refractivity contribution in [2.45, 2.75) is 13.0 Å². The topological polar surface area (TPSA) is 69.2 Å². The molecule has 0 spiro atoms. The zero-order valence-corrected chi connectivity index (χ0v) is 12.6. The summed E-state index contributed by atoms with van der Waals surface area (Å²) in [7, 11) is 0. The van der Waals surface area contributed by atoms with E-state index in [9.17, 15) is 14.7 Å². The number of hydrogen-bond acceptors (Lipinski definition) is 4. The van der Waals surface area contributed by atoms with Gasteiger partial charge in [0.25, 0.3) is 5.91 Å². The van der Waals surface area contributed by atoms with Crippen molar-refractivity contribution < 1.29 is 33.6 Å². The van der Waals surface area contributed by atoms with E-state index in [4.69, 9.17) is 11.6 Å². The molecule has 0 fully saturated rings. The Bertz CT molecular complexity index is 470. The Kier molecular flexibility index (Phi) is 8.27. The second-order valence-corrected chi connectivity index (χ2v) is 5.10. The number of hydrogen-bond donors (Lipinski definition) is 1. The molecule has 0 aliphatic rings. The van der Waals surface area contributed by atoms with Gasteiger partial charge < -0.3 is 15.2 Å².